The molecule has 1 aliphatic rings. The molecule has 2 nitrogen and oxygen atoms in total. The smallest absolute Gasteiger partial charge is 0.378 e. The van der Waals surface area contributed by atoms with E-state index in [0.717, 1.165) is 0 Å². The zero-order valence-electron chi connectivity index (χ0n) is 14.6. The van der Waals surface area contributed by atoms with Crippen LogP contribution < -0.4 is 0 Å². The van der Waals surface area contributed by atoms with Gasteiger partial charge in [0.05, 0.1) is 5.41 Å². The minimum Gasteiger partial charge on any atom is -0.462 e. The van der Waals surface area contributed by atoms with E-state index < -0.39 is 60.4 Å². The van der Waals surface area contributed by atoms with E-state index in [1.807, 2.05) is 0 Å². The van der Waals surface area contributed by atoms with Crippen LogP contribution in [0.15, 0.2) is 0 Å². The number of carbonyl (C=O) groups excluding carboxylic acids is 1. The Kier molecular flexibility index (Phi) is 6.62. The van der Waals surface area contributed by atoms with Gasteiger partial charge < -0.3 is 4.74 Å². The Morgan fingerprint density at radius 3 is 1.85 bits per heavy atom. The molecule has 0 saturated heterocycles. The molecule has 0 amide bonds. The first kappa shape index (κ1) is 23.0. The van der Waals surface area contributed by atoms with Crippen LogP contribution >= 0.6 is 0 Å². The van der Waals surface area contributed by atoms with Gasteiger partial charge in [0.25, 0.3) is 0 Å². The molecule has 0 unspecified atom stereocenters. The summed E-state index contributed by atoms with van der Waals surface area (Å²) in [5.74, 6) is -20.4. The Morgan fingerprint density at radius 1 is 1.00 bits per heavy atom. The van der Waals surface area contributed by atoms with E-state index >= 15 is 0 Å². The number of ether oxygens (including phenoxy) is 1. The van der Waals surface area contributed by atoms with Crippen molar-refractivity contribution in [3.63, 3.8) is 0 Å². The zero-order chi connectivity index (χ0) is 20.6. The van der Waals surface area contributed by atoms with E-state index in [1.165, 1.54) is 0 Å². The summed E-state index contributed by atoms with van der Waals surface area (Å²) in [7, 11) is 0. The van der Waals surface area contributed by atoms with Gasteiger partial charge in [0.1, 0.15) is 6.10 Å². The fraction of sp³-hybridized carbons (Fsp3) is 0.938. The molecule has 0 bridgehead atoms. The predicted molar refractivity (Wildman–Crippen MR) is 76.8 cm³/mol. The molecule has 0 heterocycles. The van der Waals surface area contributed by atoms with Gasteiger partial charge in [-0.05, 0) is 46.0 Å². The van der Waals surface area contributed by atoms with Gasteiger partial charge in [0.15, 0.2) is 0 Å². The minimum atomic E-state index is -6.19. The Labute approximate surface area is 146 Å². The topological polar surface area (TPSA) is 26.3 Å². The summed E-state index contributed by atoms with van der Waals surface area (Å²) < 4.78 is 110. The van der Waals surface area contributed by atoms with Crippen molar-refractivity contribution in [1.29, 1.82) is 0 Å². The maximum atomic E-state index is 13.9. The summed E-state index contributed by atoms with van der Waals surface area (Å²) in [4.78, 5) is 11.9. The normalized spacial score (nSPS) is 23.2. The first-order valence-corrected chi connectivity index (χ1v) is 8.24. The largest absolute Gasteiger partial charge is 0.462 e. The maximum Gasteiger partial charge on any atom is 0.378 e. The standard InChI is InChI=1S/C16H22F8O2/c1-4-13(2,3)12(25)26-10-7-5-9(6-8-10)14(19,20)16(23,24)15(21,22)11(17)18/h9-11H,4-8H2,1-3H3. The lowest BCUT2D eigenvalue weighted by molar-refractivity contribution is -0.352. The number of rotatable bonds is 7. The van der Waals surface area contributed by atoms with Crippen molar-refractivity contribution >= 4 is 5.97 Å². The number of carbonyl (C=O) groups is 1. The van der Waals surface area contributed by atoms with Crippen LogP contribution in [0, 0.1) is 11.3 Å². The molecular weight excluding hydrogens is 376 g/mol. The van der Waals surface area contributed by atoms with Gasteiger partial charge in [-0.3, -0.25) is 4.79 Å². The van der Waals surface area contributed by atoms with Crippen molar-refractivity contribution < 1.29 is 44.7 Å². The summed E-state index contributed by atoms with van der Waals surface area (Å²) in [5.41, 5.74) is -0.812. The van der Waals surface area contributed by atoms with Crippen LogP contribution in [-0.4, -0.2) is 36.3 Å². The molecule has 0 atom stereocenters. The molecule has 10 heteroatoms. The lowest BCUT2D eigenvalue weighted by Gasteiger charge is -2.39. The van der Waals surface area contributed by atoms with Crippen molar-refractivity contribution in [1.82, 2.24) is 0 Å². The second kappa shape index (κ2) is 7.50. The highest BCUT2D eigenvalue weighted by molar-refractivity contribution is 5.75. The van der Waals surface area contributed by atoms with E-state index in [1.54, 1.807) is 20.8 Å². The van der Waals surface area contributed by atoms with Crippen LogP contribution in [0.2, 0.25) is 0 Å². The Balaban J connectivity index is 2.79. The van der Waals surface area contributed by atoms with Crippen LogP contribution in [0.25, 0.3) is 0 Å². The van der Waals surface area contributed by atoms with Gasteiger partial charge in [-0.25, -0.2) is 8.78 Å². The number of alkyl halides is 8. The SMILES string of the molecule is CCC(C)(C)C(=O)OC1CCC(C(F)(F)C(F)(F)C(F)(F)C(F)F)CC1. The van der Waals surface area contributed by atoms with E-state index in [-0.39, 0.29) is 12.8 Å². The fourth-order valence-electron chi connectivity index (χ4n) is 2.61. The fourth-order valence-corrected chi connectivity index (χ4v) is 2.61. The lowest BCUT2D eigenvalue weighted by atomic mass is 9.79. The molecule has 0 aromatic rings. The van der Waals surface area contributed by atoms with Crippen molar-refractivity contribution in [2.24, 2.45) is 11.3 Å². The Morgan fingerprint density at radius 2 is 1.46 bits per heavy atom. The number of hydrogen-bond acceptors (Lipinski definition) is 2. The molecule has 0 spiro atoms. The van der Waals surface area contributed by atoms with E-state index in [2.05, 4.69) is 0 Å². The molecule has 1 saturated carbocycles. The Bertz CT molecular complexity index is 496. The van der Waals surface area contributed by atoms with Gasteiger partial charge in [0, 0.05) is 5.92 Å². The monoisotopic (exact) mass is 398 g/mol. The van der Waals surface area contributed by atoms with Gasteiger partial charge in [-0.1, -0.05) is 6.92 Å². The quantitative estimate of drug-likeness (QED) is 0.407. The summed E-state index contributed by atoms with van der Waals surface area (Å²) in [6, 6.07) is 0. The zero-order valence-corrected chi connectivity index (χ0v) is 14.6. The van der Waals surface area contributed by atoms with E-state index in [0.29, 0.717) is 6.42 Å². The van der Waals surface area contributed by atoms with Gasteiger partial charge >= 0.3 is 30.2 Å². The van der Waals surface area contributed by atoms with E-state index in [9.17, 15) is 39.9 Å². The van der Waals surface area contributed by atoms with Crippen molar-refractivity contribution in [3.8, 4) is 0 Å². The van der Waals surface area contributed by atoms with Crippen LogP contribution in [0.3, 0.4) is 0 Å². The highest BCUT2D eigenvalue weighted by atomic mass is 19.4. The average Bonchev–Trinajstić information content (AvgIpc) is 2.54. The van der Waals surface area contributed by atoms with Crippen molar-refractivity contribution in [3.05, 3.63) is 0 Å². The third kappa shape index (κ3) is 4.08. The second-order valence-electron chi connectivity index (χ2n) is 7.24. The van der Waals surface area contributed by atoms with Gasteiger partial charge in [0.2, 0.25) is 0 Å². The molecule has 26 heavy (non-hydrogen) atoms. The molecular formula is C16H22F8O2. The Hall–Kier alpha value is -1.09. The molecule has 0 aromatic heterocycles. The molecule has 0 aliphatic heterocycles. The van der Waals surface area contributed by atoms with Crippen molar-refractivity contribution in [2.45, 2.75) is 83.2 Å². The number of hydrogen-bond donors (Lipinski definition) is 0. The van der Waals surface area contributed by atoms with Crippen LogP contribution in [0.5, 0.6) is 0 Å². The van der Waals surface area contributed by atoms with Gasteiger partial charge in [-0.15, -0.1) is 0 Å². The summed E-state index contributed by atoms with van der Waals surface area (Å²) in [6.07, 6.45) is -7.03. The average molecular weight is 398 g/mol. The third-order valence-electron chi connectivity index (χ3n) is 5.01. The minimum absolute atomic E-state index is 0.234. The lowest BCUT2D eigenvalue weighted by Crippen LogP contribution is -2.60. The number of halogens is 8. The van der Waals surface area contributed by atoms with Crippen molar-refractivity contribution in [2.75, 3.05) is 0 Å². The molecule has 1 rings (SSSR count). The highest BCUT2D eigenvalue weighted by Crippen LogP contribution is 2.54. The summed E-state index contributed by atoms with van der Waals surface area (Å²) in [6.45, 7) is 4.97. The second-order valence-corrected chi connectivity index (χ2v) is 7.24. The summed E-state index contributed by atoms with van der Waals surface area (Å²) >= 11 is 0. The van der Waals surface area contributed by atoms with Crippen LogP contribution in [-0.2, 0) is 9.53 Å². The van der Waals surface area contributed by atoms with Crippen LogP contribution in [0.1, 0.15) is 52.9 Å². The first-order valence-electron chi connectivity index (χ1n) is 8.24. The molecule has 154 valence electrons. The highest BCUT2D eigenvalue weighted by Gasteiger charge is 2.76. The molecule has 0 aromatic carbocycles. The molecule has 0 radical (unpaired) electrons. The molecule has 0 N–H and O–H groups in total. The van der Waals surface area contributed by atoms with E-state index in [4.69, 9.17) is 4.74 Å². The maximum absolute atomic E-state index is 13.9. The van der Waals surface area contributed by atoms with Gasteiger partial charge in [-0.2, -0.15) is 26.3 Å². The third-order valence-corrected chi connectivity index (χ3v) is 5.01. The molecule has 1 aliphatic carbocycles. The number of esters is 1. The van der Waals surface area contributed by atoms with Crippen LogP contribution in [0.4, 0.5) is 35.1 Å². The predicted octanol–water partition coefficient (Wildman–Crippen LogP) is 5.70. The first-order chi connectivity index (χ1) is 11.6. The summed E-state index contributed by atoms with van der Waals surface area (Å²) in [5, 5.41) is 0. The molecule has 1 fully saturated rings.